The minimum absolute atomic E-state index is 0.175. The summed E-state index contributed by atoms with van der Waals surface area (Å²) in [4.78, 5) is 2.50. The molecule has 0 amide bonds. The van der Waals surface area contributed by atoms with E-state index in [1.807, 2.05) is 18.2 Å². The average Bonchev–Trinajstić information content (AvgIpc) is 2.97. The highest BCUT2D eigenvalue weighted by molar-refractivity contribution is 5.84. The zero-order valence-corrected chi connectivity index (χ0v) is 15.1. The van der Waals surface area contributed by atoms with Crippen molar-refractivity contribution >= 4 is 11.0 Å². The molecule has 4 nitrogen and oxygen atoms in total. The van der Waals surface area contributed by atoms with Crippen molar-refractivity contribution < 1.29 is 14.3 Å². The maximum absolute atomic E-state index is 9.58. The first kappa shape index (κ1) is 18.7. The van der Waals surface area contributed by atoms with Crippen molar-refractivity contribution in [3.8, 4) is 11.5 Å². The largest absolute Gasteiger partial charge is 0.504 e. The molecule has 134 valence electrons. The van der Waals surface area contributed by atoms with Gasteiger partial charge in [-0.15, -0.1) is 0 Å². The molecule has 1 aromatic carbocycles. The fourth-order valence-corrected chi connectivity index (χ4v) is 2.93. The summed E-state index contributed by atoms with van der Waals surface area (Å²) in [6.07, 6.45) is 9.04. The molecule has 0 atom stereocenters. The summed E-state index contributed by atoms with van der Waals surface area (Å²) in [6, 6.07) is 5.54. The van der Waals surface area contributed by atoms with Crippen LogP contribution in [0.2, 0.25) is 0 Å². The fraction of sp³-hybridized carbons (Fsp3) is 0.600. The summed E-state index contributed by atoms with van der Waals surface area (Å²) in [7, 11) is 0. The van der Waals surface area contributed by atoms with E-state index < -0.39 is 0 Å². The normalized spacial score (nSPS) is 11.5. The number of nitrogens with zero attached hydrogens (tertiary/aromatic N) is 1. The van der Waals surface area contributed by atoms with E-state index >= 15 is 0 Å². The molecular formula is C20H31NO3. The SMILES string of the molecule is CCCCCCCN(CC)CCCOc1ccc2c(O)coc2c1. The van der Waals surface area contributed by atoms with Crippen LogP contribution in [-0.4, -0.2) is 36.2 Å². The number of fused-ring (bicyclic) bond motifs is 1. The Labute approximate surface area is 145 Å². The summed E-state index contributed by atoms with van der Waals surface area (Å²) >= 11 is 0. The van der Waals surface area contributed by atoms with Gasteiger partial charge in [-0.2, -0.15) is 0 Å². The Kier molecular flexibility index (Phi) is 7.96. The quantitative estimate of drug-likeness (QED) is 0.542. The topological polar surface area (TPSA) is 45.8 Å². The molecule has 1 aromatic heterocycles. The van der Waals surface area contributed by atoms with Gasteiger partial charge in [-0.05, 0) is 38.1 Å². The molecule has 2 rings (SSSR count). The standard InChI is InChI=1S/C20H31NO3/c1-3-5-6-7-8-12-21(4-2)13-9-14-23-17-10-11-18-19(22)16-24-20(18)15-17/h10-11,15-16,22H,3-9,12-14H2,1-2H3. The molecule has 0 radical (unpaired) electrons. The second-order valence-corrected chi connectivity index (χ2v) is 6.33. The van der Waals surface area contributed by atoms with E-state index in [1.165, 1.54) is 44.9 Å². The first-order chi connectivity index (χ1) is 11.7. The summed E-state index contributed by atoms with van der Waals surface area (Å²) in [5.74, 6) is 0.966. The highest BCUT2D eigenvalue weighted by Crippen LogP contribution is 2.29. The predicted molar refractivity (Wildman–Crippen MR) is 98.9 cm³/mol. The first-order valence-electron chi connectivity index (χ1n) is 9.30. The Morgan fingerprint density at radius 1 is 1.04 bits per heavy atom. The minimum atomic E-state index is 0.175. The molecule has 0 saturated carbocycles. The zero-order valence-electron chi connectivity index (χ0n) is 15.1. The van der Waals surface area contributed by atoms with Gasteiger partial charge in [0.05, 0.1) is 12.0 Å². The smallest absolute Gasteiger partial charge is 0.161 e. The summed E-state index contributed by atoms with van der Waals surface area (Å²) in [5.41, 5.74) is 0.660. The lowest BCUT2D eigenvalue weighted by Gasteiger charge is -2.20. The van der Waals surface area contributed by atoms with Gasteiger partial charge in [0.15, 0.2) is 5.75 Å². The van der Waals surface area contributed by atoms with Crippen LogP contribution in [0.1, 0.15) is 52.4 Å². The summed E-state index contributed by atoms with van der Waals surface area (Å²) in [6.45, 7) is 8.55. The molecule has 2 aromatic rings. The van der Waals surface area contributed by atoms with Crippen LogP contribution in [0.25, 0.3) is 11.0 Å². The van der Waals surface area contributed by atoms with Gasteiger partial charge in [-0.25, -0.2) is 0 Å². The average molecular weight is 333 g/mol. The van der Waals surface area contributed by atoms with E-state index in [4.69, 9.17) is 9.15 Å². The summed E-state index contributed by atoms with van der Waals surface area (Å²) < 4.78 is 11.1. The van der Waals surface area contributed by atoms with Crippen LogP contribution in [0.4, 0.5) is 0 Å². The van der Waals surface area contributed by atoms with Crippen LogP contribution in [0, 0.1) is 0 Å². The van der Waals surface area contributed by atoms with Crippen molar-refractivity contribution in [1.82, 2.24) is 4.90 Å². The minimum Gasteiger partial charge on any atom is -0.504 e. The molecule has 0 fully saturated rings. The molecule has 0 aliphatic heterocycles. The summed E-state index contributed by atoms with van der Waals surface area (Å²) in [5, 5.41) is 10.3. The van der Waals surface area contributed by atoms with Crippen LogP contribution in [0.3, 0.4) is 0 Å². The molecule has 0 saturated heterocycles. The molecule has 0 aliphatic carbocycles. The lowest BCUT2D eigenvalue weighted by Crippen LogP contribution is -2.26. The monoisotopic (exact) mass is 333 g/mol. The van der Waals surface area contributed by atoms with Crippen molar-refractivity contribution in [3.63, 3.8) is 0 Å². The van der Waals surface area contributed by atoms with E-state index in [-0.39, 0.29) is 5.75 Å². The van der Waals surface area contributed by atoms with E-state index in [0.29, 0.717) is 12.2 Å². The van der Waals surface area contributed by atoms with E-state index in [0.717, 1.165) is 30.6 Å². The Morgan fingerprint density at radius 2 is 1.83 bits per heavy atom. The first-order valence-corrected chi connectivity index (χ1v) is 9.30. The van der Waals surface area contributed by atoms with Crippen LogP contribution in [0.5, 0.6) is 11.5 Å². The van der Waals surface area contributed by atoms with Gasteiger partial charge in [-0.1, -0.05) is 39.5 Å². The Bertz CT molecular complexity index is 594. The molecular weight excluding hydrogens is 302 g/mol. The number of rotatable bonds is 12. The third-order valence-corrected chi connectivity index (χ3v) is 4.44. The molecule has 0 bridgehead atoms. The predicted octanol–water partition coefficient (Wildman–Crippen LogP) is 5.20. The van der Waals surface area contributed by atoms with Gasteiger partial charge in [-0.3, -0.25) is 0 Å². The van der Waals surface area contributed by atoms with Gasteiger partial charge >= 0.3 is 0 Å². The highest BCUT2D eigenvalue weighted by Gasteiger charge is 2.06. The number of hydrogen-bond donors (Lipinski definition) is 1. The second-order valence-electron chi connectivity index (χ2n) is 6.33. The molecule has 0 unspecified atom stereocenters. The van der Waals surface area contributed by atoms with Crippen LogP contribution >= 0.6 is 0 Å². The second kappa shape index (κ2) is 10.2. The van der Waals surface area contributed by atoms with Crippen molar-refractivity contribution in [2.24, 2.45) is 0 Å². The van der Waals surface area contributed by atoms with Gasteiger partial charge in [0.25, 0.3) is 0 Å². The number of hydrogen-bond acceptors (Lipinski definition) is 4. The molecule has 0 spiro atoms. The van der Waals surface area contributed by atoms with Crippen LogP contribution in [-0.2, 0) is 0 Å². The maximum atomic E-state index is 9.58. The van der Waals surface area contributed by atoms with Crippen LogP contribution in [0.15, 0.2) is 28.9 Å². The zero-order chi connectivity index (χ0) is 17.2. The Hall–Kier alpha value is -1.68. The lowest BCUT2D eigenvalue weighted by atomic mass is 10.1. The Balaban J connectivity index is 1.64. The maximum Gasteiger partial charge on any atom is 0.161 e. The van der Waals surface area contributed by atoms with E-state index in [1.54, 1.807) is 0 Å². The highest BCUT2D eigenvalue weighted by atomic mass is 16.5. The van der Waals surface area contributed by atoms with Gasteiger partial charge in [0.1, 0.15) is 17.6 Å². The number of furan rings is 1. The van der Waals surface area contributed by atoms with Crippen molar-refractivity contribution in [2.75, 3.05) is 26.2 Å². The van der Waals surface area contributed by atoms with Crippen molar-refractivity contribution in [2.45, 2.75) is 52.4 Å². The van der Waals surface area contributed by atoms with Crippen LogP contribution < -0.4 is 4.74 Å². The fourth-order valence-electron chi connectivity index (χ4n) is 2.93. The molecule has 1 N–H and O–H groups in total. The van der Waals surface area contributed by atoms with E-state index in [2.05, 4.69) is 18.7 Å². The number of ether oxygens (including phenoxy) is 1. The van der Waals surface area contributed by atoms with Crippen molar-refractivity contribution in [1.29, 1.82) is 0 Å². The molecule has 0 aliphatic rings. The van der Waals surface area contributed by atoms with Gasteiger partial charge in [0.2, 0.25) is 0 Å². The number of unbranched alkanes of at least 4 members (excludes halogenated alkanes) is 4. The lowest BCUT2D eigenvalue weighted by molar-refractivity contribution is 0.238. The molecule has 1 heterocycles. The third-order valence-electron chi connectivity index (χ3n) is 4.44. The van der Waals surface area contributed by atoms with E-state index in [9.17, 15) is 5.11 Å². The molecule has 4 heteroatoms. The molecule has 24 heavy (non-hydrogen) atoms. The number of aromatic hydroxyl groups is 1. The van der Waals surface area contributed by atoms with Gasteiger partial charge in [0, 0.05) is 12.6 Å². The third kappa shape index (κ3) is 5.75. The van der Waals surface area contributed by atoms with Crippen molar-refractivity contribution in [3.05, 3.63) is 24.5 Å². The Morgan fingerprint density at radius 3 is 2.62 bits per heavy atom. The van der Waals surface area contributed by atoms with Gasteiger partial charge < -0.3 is 19.2 Å². The number of benzene rings is 1.